The van der Waals surface area contributed by atoms with Crippen molar-refractivity contribution < 1.29 is 8.78 Å². The molecule has 0 aliphatic heterocycles. The number of hydrogen-bond acceptors (Lipinski definition) is 3. The average Bonchev–Trinajstić information content (AvgIpc) is 2.79. The van der Waals surface area contributed by atoms with Crippen LogP contribution in [0.5, 0.6) is 0 Å². The van der Waals surface area contributed by atoms with Crippen LogP contribution in [0.1, 0.15) is 5.56 Å². The fraction of sp³-hybridized carbons (Fsp3) is 0.0769. The summed E-state index contributed by atoms with van der Waals surface area (Å²) in [5, 5.41) is 0. The number of aryl methyl sites for hydroxylation is 1. The quantitative estimate of drug-likeness (QED) is 0.661. The number of fused-ring (bicyclic) bond motifs is 1. The van der Waals surface area contributed by atoms with Gasteiger partial charge in [0.15, 0.2) is 5.65 Å². The summed E-state index contributed by atoms with van der Waals surface area (Å²) < 4.78 is 26.9. The lowest BCUT2D eigenvalue weighted by Crippen LogP contribution is -1.95. The first-order valence-electron chi connectivity index (χ1n) is 5.62. The van der Waals surface area contributed by atoms with E-state index in [1.807, 2.05) is 13.0 Å². The SMILES string of the molecule is Cc1ccnc2nc(-c3cc(N)c(F)cc3F)[nH]c12. The standard InChI is InChI=1S/C13H10F2N4/c1-6-2-3-17-13-11(6)18-12(19-13)7-4-10(16)9(15)5-8(7)14/h2-5H,16H2,1H3,(H,17,18,19). The van der Waals surface area contributed by atoms with Gasteiger partial charge in [-0.25, -0.2) is 18.7 Å². The van der Waals surface area contributed by atoms with Crippen molar-refractivity contribution in [1.82, 2.24) is 15.0 Å². The lowest BCUT2D eigenvalue weighted by Gasteiger charge is -2.02. The Bertz CT molecular complexity index is 780. The van der Waals surface area contributed by atoms with Crippen LogP contribution in [-0.4, -0.2) is 15.0 Å². The molecule has 3 aromatic rings. The molecule has 6 heteroatoms. The molecule has 2 heterocycles. The van der Waals surface area contributed by atoms with Crippen molar-refractivity contribution in [1.29, 1.82) is 0 Å². The van der Waals surface area contributed by atoms with Crippen molar-refractivity contribution in [3.63, 3.8) is 0 Å². The Hall–Kier alpha value is -2.50. The number of nitrogens with zero attached hydrogens (tertiary/aromatic N) is 2. The highest BCUT2D eigenvalue weighted by Crippen LogP contribution is 2.26. The second kappa shape index (κ2) is 4.01. The minimum Gasteiger partial charge on any atom is -0.396 e. The van der Waals surface area contributed by atoms with Crippen LogP contribution in [0.2, 0.25) is 0 Å². The molecule has 3 rings (SSSR count). The van der Waals surface area contributed by atoms with E-state index >= 15 is 0 Å². The van der Waals surface area contributed by atoms with Crippen molar-refractivity contribution >= 4 is 16.9 Å². The Labute approximate surface area is 107 Å². The number of nitrogens with two attached hydrogens (primary N) is 1. The molecule has 0 radical (unpaired) electrons. The summed E-state index contributed by atoms with van der Waals surface area (Å²) >= 11 is 0. The Kier molecular flexibility index (Phi) is 2.45. The highest BCUT2D eigenvalue weighted by atomic mass is 19.1. The third-order valence-corrected chi connectivity index (χ3v) is 2.94. The summed E-state index contributed by atoms with van der Waals surface area (Å²) in [6, 6.07) is 3.79. The Morgan fingerprint density at radius 3 is 2.74 bits per heavy atom. The van der Waals surface area contributed by atoms with Crippen molar-refractivity contribution in [3.8, 4) is 11.4 Å². The normalized spacial score (nSPS) is 11.1. The molecule has 3 N–H and O–H groups in total. The summed E-state index contributed by atoms with van der Waals surface area (Å²) in [4.78, 5) is 11.3. The molecular weight excluding hydrogens is 250 g/mol. The predicted octanol–water partition coefficient (Wildman–Crippen LogP) is 2.79. The summed E-state index contributed by atoms with van der Waals surface area (Å²) in [7, 11) is 0. The maximum absolute atomic E-state index is 13.8. The fourth-order valence-corrected chi connectivity index (χ4v) is 1.91. The van der Waals surface area contributed by atoms with Crippen LogP contribution in [0, 0.1) is 18.6 Å². The Morgan fingerprint density at radius 2 is 2.00 bits per heavy atom. The summed E-state index contributed by atoms with van der Waals surface area (Å²) in [6.45, 7) is 1.89. The zero-order chi connectivity index (χ0) is 13.6. The number of nitrogen functional groups attached to an aromatic ring is 1. The molecule has 0 amide bonds. The minimum absolute atomic E-state index is 0.122. The second-order valence-electron chi connectivity index (χ2n) is 4.27. The van der Waals surface area contributed by atoms with Gasteiger partial charge in [0, 0.05) is 12.3 Å². The van der Waals surface area contributed by atoms with E-state index in [4.69, 9.17) is 5.73 Å². The second-order valence-corrected chi connectivity index (χ2v) is 4.27. The molecule has 0 fully saturated rings. The number of anilines is 1. The minimum atomic E-state index is -0.785. The number of aromatic amines is 1. The number of aromatic nitrogens is 3. The van der Waals surface area contributed by atoms with Gasteiger partial charge in [-0.3, -0.25) is 0 Å². The van der Waals surface area contributed by atoms with Crippen LogP contribution in [0.15, 0.2) is 24.4 Å². The smallest absolute Gasteiger partial charge is 0.178 e. The Morgan fingerprint density at radius 1 is 1.21 bits per heavy atom. The van der Waals surface area contributed by atoms with E-state index in [1.165, 1.54) is 6.07 Å². The van der Waals surface area contributed by atoms with Gasteiger partial charge in [-0.15, -0.1) is 0 Å². The highest BCUT2D eigenvalue weighted by molar-refractivity contribution is 5.79. The van der Waals surface area contributed by atoms with Gasteiger partial charge >= 0.3 is 0 Å². The van der Waals surface area contributed by atoms with Gasteiger partial charge in [-0.2, -0.15) is 0 Å². The number of pyridine rings is 1. The number of nitrogens with one attached hydrogen (secondary N) is 1. The molecule has 0 saturated heterocycles. The van der Waals surface area contributed by atoms with Gasteiger partial charge in [0.05, 0.1) is 16.8 Å². The molecule has 0 aliphatic rings. The number of H-pyrrole nitrogens is 1. The summed E-state index contributed by atoms with van der Waals surface area (Å²) in [6.07, 6.45) is 1.62. The molecule has 0 bridgehead atoms. The van der Waals surface area contributed by atoms with E-state index < -0.39 is 11.6 Å². The van der Waals surface area contributed by atoms with E-state index in [1.54, 1.807) is 6.20 Å². The van der Waals surface area contributed by atoms with Crippen LogP contribution >= 0.6 is 0 Å². The average molecular weight is 260 g/mol. The molecule has 0 aliphatic carbocycles. The van der Waals surface area contributed by atoms with E-state index in [9.17, 15) is 8.78 Å². The lowest BCUT2D eigenvalue weighted by atomic mass is 10.1. The number of hydrogen-bond donors (Lipinski definition) is 2. The van der Waals surface area contributed by atoms with Crippen molar-refractivity contribution in [2.45, 2.75) is 6.92 Å². The highest BCUT2D eigenvalue weighted by Gasteiger charge is 2.14. The zero-order valence-corrected chi connectivity index (χ0v) is 10.0. The van der Waals surface area contributed by atoms with Gasteiger partial charge in [0.1, 0.15) is 17.5 Å². The first-order valence-corrected chi connectivity index (χ1v) is 5.62. The molecule has 2 aromatic heterocycles. The van der Waals surface area contributed by atoms with Gasteiger partial charge in [0.2, 0.25) is 0 Å². The fourth-order valence-electron chi connectivity index (χ4n) is 1.91. The lowest BCUT2D eigenvalue weighted by molar-refractivity contribution is 0.588. The topological polar surface area (TPSA) is 67.6 Å². The molecule has 1 aromatic carbocycles. The number of halogens is 2. The number of rotatable bonds is 1. The van der Waals surface area contributed by atoms with E-state index in [2.05, 4.69) is 15.0 Å². The van der Waals surface area contributed by atoms with Gasteiger partial charge in [-0.1, -0.05) is 0 Å². The molecule has 4 nitrogen and oxygen atoms in total. The van der Waals surface area contributed by atoms with Gasteiger partial charge in [0.25, 0.3) is 0 Å². The maximum atomic E-state index is 13.8. The molecule has 0 spiro atoms. The van der Waals surface area contributed by atoms with Crippen LogP contribution in [0.3, 0.4) is 0 Å². The third-order valence-electron chi connectivity index (χ3n) is 2.94. The largest absolute Gasteiger partial charge is 0.396 e. The van der Waals surface area contributed by atoms with Gasteiger partial charge in [-0.05, 0) is 24.6 Å². The van der Waals surface area contributed by atoms with Crippen LogP contribution in [0.4, 0.5) is 14.5 Å². The van der Waals surface area contributed by atoms with Crippen LogP contribution in [-0.2, 0) is 0 Å². The zero-order valence-electron chi connectivity index (χ0n) is 10.0. The monoisotopic (exact) mass is 260 g/mol. The van der Waals surface area contributed by atoms with E-state index in [0.29, 0.717) is 5.65 Å². The molecule has 96 valence electrons. The summed E-state index contributed by atoms with van der Waals surface area (Å²) in [5.41, 5.74) is 7.60. The van der Waals surface area contributed by atoms with E-state index in [-0.39, 0.29) is 17.1 Å². The van der Waals surface area contributed by atoms with Crippen LogP contribution in [0.25, 0.3) is 22.6 Å². The maximum Gasteiger partial charge on any atom is 0.178 e. The molecule has 19 heavy (non-hydrogen) atoms. The molecule has 0 unspecified atom stereocenters. The number of imidazole rings is 1. The van der Waals surface area contributed by atoms with Crippen LogP contribution < -0.4 is 5.73 Å². The number of benzene rings is 1. The van der Waals surface area contributed by atoms with Crippen molar-refractivity contribution in [2.75, 3.05) is 5.73 Å². The van der Waals surface area contributed by atoms with Crippen molar-refractivity contribution in [3.05, 3.63) is 41.6 Å². The molecule has 0 atom stereocenters. The first kappa shape index (κ1) is 11.6. The molecular formula is C13H10F2N4. The first-order chi connectivity index (χ1) is 9.06. The van der Waals surface area contributed by atoms with Crippen molar-refractivity contribution in [2.24, 2.45) is 0 Å². The van der Waals surface area contributed by atoms with E-state index in [0.717, 1.165) is 17.1 Å². The van der Waals surface area contributed by atoms with Gasteiger partial charge < -0.3 is 10.7 Å². The predicted molar refractivity (Wildman–Crippen MR) is 68.4 cm³/mol. The Balaban J connectivity index is 2.25. The third kappa shape index (κ3) is 1.81. The molecule has 0 saturated carbocycles. The summed E-state index contributed by atoms with van der Waals surface area (Å²) in [5.74, 6) is -1.23.